The summed E-state index contributed by atoms with van der Waals surface area (Å²) in [7, 11) is 2.01. The van der Waals surface area contributed by atoms with E-state index in [2.05, 4.69) is 20.8 Å². The molecule has 2 bridgehead atoms. The van der Waals surface area contributed by atoms with E-state index in [9.17, 15) is 4.79 Å². The predicted octanol–water partition coefficient (Wildman–Crippen LogP) is 2.16. The summed E-state index contributed by atoms with van der Waals surface area (Å²) in [4.78, 5) is 14.6. The summed E-state index contributed by atoms with van der Waals surface area (Å²) in [5.41, 5.74) is 0.184. The molecule has 4 aliphatic rings. The molecule has 3 heteroatoms. The van der Waals surface area contributed by atoms with Crippen LogP contribution >= 0.6 is 0 Å². The first-order chi connectivity index (χ1) is 8.98. The maximum absolute atomic E-state index is 12.6. The number of nitrogens with zero attached hydrogens (tertiary/aromatic N) is 1. The zero-order chi connectivity index (χ0) is 13.5. The average Bonchev–Trinajstić information content (AvgIpc) is 2.92. The van der Waals surface area contributed by atoms with Crippen LogP contribution < -0.4 is 0 Å². The number of hydrogen-bond donors (Lipinski definition) is 0. The first-order valence-corrected chi connectivity index (χ1v) is 7.86. The molecule has 1 amide bonds. The van der Waals surface area contributed by atoms with Crippen LogP contribution in [0.2, 0.25) is 0 Å². The van der Waals surface area contributed by atoms with E-state index in [0.717, 1.165) is 13.0 Å². The Bertz CT molecular complexity index is 434. The van der Waals surface area contributed by atoms with Gasteiger partial charge in [-0.2, -0.15) is 0 Å². The van der Waals surface area contributed by atoms with Crippen molar-refractivity contribution in [1.29, 1.82) is 0 Å². The summed E-state index contributed by atoms with van der Waals surface area (Å²) in [5, 5.41) is 0. The number of hydrogen-bond acceptors (Lipinski definition) is 2. The molecule has 7 atom stereocenters. The fourth-order valence-corrected chi connectivity index (χ4v) is 6.34. The normalized spacial score (nSPS) is 55.2. The van der Waals surface area contributed by atoms with Gasteiger partial charge >= 0.3 is 0 Å². The van der Waals surface area contributed by atoms with E-state index in [1.165, 1.54) is 6.42 Å². The van der Waals surface area contributed by atoms with Crippen LogP contribution in [0.4, 0.5) is 0 Å². The molecule has 3 nitrogen and oxygen atoms in total. The molecular weight excluding hydrogens is 238 g/mol. The van der Waals surface area contributed by atoms with Crippen molar-refractivity contribution in [1.82, 2.24) is 4.90 Å². The SMILES string of the molecule is CC(C)[C@H]1[C@@H]2CO[C@H]1[C@H]1N(C)C(=O)[C@H]3CC[C@@H]2[C@]31C. The van der Waals surface area contributed by atoms with Crippen LogP contribution in [0.25, 0.3) is 0 Å². The molecule has 2 aliphatic heterocycles. The average molecular weight is 263 g/mol. The Morgan fingerprint density at radius 3 is 2.79 bits per heavy atom. The first kappa shape index (κ1) is 12.2. The number of likely N-dealkylation sites (N-methyl/N-ethyl adjacent to an activating group) is 1. The van der Waals surface area contributed by atoms with Crippen molar-refractivity contribution in [3.63, 3.8) is 0 Å². The van der Waals surface area contributed by atoms with E-state index in [1.54, 1.807) is 0 Å². The molecular formula is C16H25NO2. The summed E-state index contributed by atoms with van der Waals surface area (Å²) < 4.78 is 6.21. The molecule has 19 heavy (non-hydrogen) atoms. The summed E-state index contributed by atoms with van der Waals surface area (Å²) >= 11 is 0. The van der Waals surface area contributed by atoms with Crippen LogP contribution in [0, 0.1) is 35.0 Å². The molecule has 0 aromatic heterocycles. The molecule has 2 saturated carbocycles. The van der Waals surface area contributed by atoms with Gasteiger partial charge in [0, 0.05) is 18.4 Å². The standard InChI is InChI=1S/C16H25NO2/c1-8(2)12-9-7-19-13(12)14-16(3)10(9)5-6-11(16)15(18)17(14)4/h8-14H,5-7H2,1-4H3/t9-,10+,11-,12+,13-,14-,16-/m1/s1. The highest BCUT2D eigenvalue weighted by molar-refractivity contribution is 5.83. The van der Waals surface area contributed by atoms with Gasteiger partial charge in [-0.25, -0.2) is 0 Å². The third kappa shape index (κ3) is 1.17. The number of carbonyl (C=O) groups excluding carboxylic acids is 1. The van der Waals surface area contributed by atoms with Gasteiger partial charge in [-0.05, 0) is 36.5 Å². The number of fused-ring (bicyclic) bond motifs is 4. The van der Waals surface area contributed by atoms with E-state index >= 15 is 0 Å². The number of ether oxygens (including phenoxy) is 1. The zero-order valence-electron chi connectivity index (χ0n) is 12.4. The van der Waals surface area contributed by atoms with E-state index < -0.39 is 0 Å². The minimum Gasteiger partial charge on any atom is -0.375 e. The Labute approximate surface area is 115 Å². The van der Waals surface area contributed by atoms with Crippen LogP contribution in [0.3, 0.4) is 0 Å². The van der Waals surface area contributed by atoms with Gasteiger partial charge < -0.3 is 9.64 Å². The van der Waals surface area contributed by atoms with Gasteiger partial charge in [-0.1, -0.05) is 20.8 Å². The summed E-state index contributed by atoms with van der Waals surface area (Å²) in [5.74, 6) is 3.35. The topological polar surface area (TPSA) is 29.5 Å². The Morgan fingerprint density at radius 1 is 1.37 bits per heavy atom. The van der Waals surface area contributed by atoms with Gasteiger partial charge in [0.15, 0.2) is 0 Å². The largest absolute Gasteiger partial charge is 0.375 e. The van der Waals surface area contributed by atoms with Crippen molar-refractivity contribution in [2.45, 2.75) is 45.8 Å². The van der Waals surface area contributed by atoms with Gasteiger partial charge in [-0.15, -0.1) is 0 Å². The highest BCUT2D eigenvalue weighted by atomic mass is 16.5. The molecule has 4 fully saturated rings. The summed E-state index contributed by atoms with van der Waals surface area (Å²) in [6, 6.07) is 0.323. The molecule has 2 heterocycles. The molecule has 0 spiro atoms. The van der Waals surface area contributed by atoms with Crippen LogP contribution in [-0.2, 0) is 9.53 Å². The minimum atomic E-state index is 0.184. The van der Waals surface area contributed by atoms with Crippen molar-refractivity contribution in [2.24, 2.45) is 35.0 Å². The predicted molar refractivity (Wildman–Crippen MR) is 72.4 cm³/mol. The number of carbonyl (C=O) groups is 1. The third-order valence-electron chi connectivity index (χ3n) is 6.97. The Balaban J connectivity index is 1.84. The molecule has 0 aromatic carbocycles. The zero-order valence-corrected chi connectivity index (χ0v) is 12.4. The van der Waals surface area contributed by atoms with Gasteiger partial charge in [-0.3, -0.25) is 4.79 Å². The highest BCUT2D eigenvalue weighted by Crippen LogP contribution is 2.66. The van der Waals surface area contributed by atoms with E-state index in [-0.39, 0.29) is 17.4 Å². The molecule has 2 saturated heterocycles. The summed E-state index contributed by atoms with van der Waals surface area (Å²) in [6.07, 6.45) is 2.62. The molecule has 0 N–H and O–H groups in total. The van der Waals surface area contributed by atoms with Crippen LogP contribution in [0.15, 0.2) is 0 Å². The summed E-state index contributed by atoms with van der Waals surface area (Å²) in [6.45, 7) is 7.96. The maximum Gasteiger partial charge on any atom is 0.226 e. The van der Waals surface area contributed by atoms with E-state index in [1.807, 2.05) is 11.9 Å². The second-order valence-corrected chi connectivity index (χ2v) is 7.78. The van der Waals surface area contributed by atoms with Gasteiger partial charge in [0.2, 0.25) is 5.91 Å². The van der Waals surface area contributed by atoms with Crippen LogP contribution in [-0.4, -0.2) is 36.6 Å². The lowest BCUT2D eigenvalue weighted by Crippen LogP contribution is -2.57. The highest BCUT2D eigenvalue weighted by Gasteiger charge is 2.71. The smallest absolute Gasteiger partial charge is 0.226 e. The molecule has 106 valence electrons. The fourth-order valence-electron chi connectivity index (χ4n) is 6.34. The van der Waals surface area contributed by atoms with Crippen molar-refractivity contribution in [3.8, 4) is 0 Å². The molecule has 0 radical (unpaired) electrons. The van der Waals surface area contributed by atoms with Crippen LogP contribution in [0.5, 0.6) is 0 Å². The Hall–Kier alpha value is -0.570. The lowest BCUT2D eigenvalue weighted by atomic mass is 9.55. The number of rotatable bonds is 1. The minimum absolute atomic E-state index is 0.184. The molecule has 2 aliphatic carbocycles. The molecule has 0 aromatic rings. The monoisotopic (exact) mass is 263 g/mol. The second kappa shape index (κ2) is 3.55. The van der Waals surface area contributed by atoms with Crippen molar-refractivity contribution < 1.29 is 9.53 Å². The molecule has 4 rings (SSSR count). The van der Waals surface area contributed by atoms with E-state index in [0.29, 0.717) is 35.6 Å². The quantitative estimate of drug-likeness (QED) is 0.725. The fraction of sp³-hybridized carbons (Fsp3) is 0.938. The van der Waals surface area contributed by atoms with Crippen molar-refractivity contribution >= 4 is 5.91 Å². The second-order valence-electron chi connectivity index (χ2n) is 7.78. The molecule has 0 unspecified atom stereocenters. The number of likely N-dealkylation sites (tertiary alicyclic amines) is 1. The van der Waals surface area contributed by atoms with Crippen molar-refractivity contribution in [3.05, 3.63) is 0 Å². The first-order valence-electron chi connectivity index (χ1n) is 7.86. The maximum atomic E-state index is 12.6. The lowest BCUT2D eigenvalue weighted by Gasteiger charge is -2.50. The van der Waals surface area contributed by atoms with E-state index in [4.69, 9.17) is 4.74 Å². The van der Waals surface area contributed by atoms with Gasteiger partial charge in [0.25, 0.3) is 0 Å². The number of amides is 1. The lowest BCUT2D eigenvalue weighted by molar-refractivity contribution is -0.132. The van der Waals surface area contributed by atoms with Crippen molar-refractivity contribution in [2.75, 3.05) is 13.7 Å². The Kier molecular flexibility index (Phi) is 2.27. The third-order valence-corrected chi connectivity index (χ3v) is 6.97. The van der Waals surface area contributed by atoms with Crippen LogP contribution in [0.1, 0.15) is 33.6 Å². The van der Waals surface area contributed by atoms with Gasteiger partial charge in [0.1, 0.15) is 0 Å². The Morgan fingerprint density at radius 2 is 2.11 bits per heavy atom. The van der Waals surface area contributed by atoms with Gasteiger partial charge in [0.05, 0.1) is 18.8 Å².